The maximum atomic E-state index is 11.0. The average Bonchev–Trinajstić information content (AvgIpc) is 2.21. The second-order valence-corrected chi connectivity index (χ2v) is 3.55. The number of carbonyl (C=O) groups excluding carboxylic acids is 1. The van der Waals surface area contributed by atoms with Crippen LogP contribution in [0.4, 0.5) is 0 Å². The number of Topliss-reactive ketones (excluding diaryl/α,β-unsaturated/α-hetero) is 1. The highest BCUT2D eigenvalue weighted by molar-refractivity contribution is 5.80. The Labute approximate surface area is 90.2 Å². The molecule has 0 fully saturated rings. The van der Waals surface area contributed by atoms with E-state index in [0.29, 0.717) is 6.54 Å². The molecule has 1 unspecified atom stereocenters. The van der Waals surface area contributed by atoms with E-state index in [-0.39, 0.29) is 11.9 Å². The standard InChI is InChI=1S/C12H17NO2/c1-9(14)10(2)15-12-5-3-11(4-6-12)7-8-13/h3-6,10H,7-8,13H2,1-2H3. The van der Waals surface area contributed by atoms with Gasteiger partial charge in [-0.3, -0.25) is 4.79 Å². The minimum atomic E-state index is -0.384. The summed E-state index contributed by atoms with van der Waals surface area (Å²) in [6.45, 7) is 3.91. The quantitative estimate of drug-likeness (QED) is 0.796. The molecule has 0 heterocycles. The van der Waals surface area contributed by atoms with Crippen molar-refractivity contribution >= 4 is 5.78 Å². The Morgan fingerprint density at radius 3 is 2.47 bits per heavy atom. The molecular formula is C12H17NO2. The van der Waals surface area contributed by atoms with E-state index in [1.165, 1.54) is 12.5 Å². The molecule has 3 nitrogen and oxygen atoms in total. The molecule has 1 rings (SSSR count). The highest BCUT2D eigenvalue weighted by Gasteiger charge is 2.08. The van der Waals surface area contributed by atoms with Crippen LogP contribution >= 0.6 is 0 Å². The van der Waals surface area contributed by atoms with E-state index in [9.17, 15) is 4.79 Å². The van der Waals surface area contributed by atoms with Crippen LogP contribution in [-0.2, 0) is 11.2 Å². The third kappa shape index (κ3) is 3.72. The normalized spacial score (nSPS) is 12.2. The summed E-state index contributed by atoms with van der Waals surface area (Å²) in [4.78, 5) is 11.0. The minimum Gasteiger partial charge on any atom is -0.483 e. The Morgan fingerprint density at radius 1 is 1.40 bits per heavy atom. The van der Waals surface area contributed by atoms with Crippen LogP contribution in [0.5, 0.6) is 5.75 Å². The Bertz CT molecular complexity index is 319. The van der Waals surface area contributed by atoms with Gasteiger partial charge in [-0.1, -0.05) is 12.1 Å². The van der Waals surface area contributed by atoms with Gasteiger partial charge in [-0.25, -0.2) is 0 Å². The number of hydrogen-bond acceptors (Lipinski definition) is 3. The van der Waals surface area contributed by atoms with E-state index < -0.39 is 0 Å². The molecule has 0 saturated carbocycles. The van der Waals surface area contributed by atoms with Gasteiger partial charge < -0.3 is 10.5 Å². The van der Waals surface area contributed by atoms with Gasteiger partial charge in [0.25, 0.3) is 0 Å². The summed E-state index contributed by atoms with van der Waals surface area (Å²) in [7, 11) is 0. The van der Waals surface area contributed by atoms with Gasteiger partial charge >= 0.3 is 0 Å². The molecule has 15 heavy (non-hydrogen) atoms. The van der Waals surface area contributed by atoms with Crippen molar-refractivity contribution in [2.24, 2.45) is 5.73 Å². The summed E-state index contributed by atoms with van der Waals surface area (Å²) in [5, 5.41) is 0. The molecule has 1 atom stereocenters. The maximum absolute atomic E-state index is 11.0. The lowest BCUT2D eigenvalue weighted by Crippen LogP contribution is -2.20. The molecule has 0 aliphatic carbocycles. The van der Waals surface area contributed by atoms with E-state index in [1.807, 2.05) is 24.3 Å². The van der Waals surface area contributed by atoms with Crippen LogP contribution in [0.3, 0.4) is 0 Å². The summed E-state index contributed by atoms with van der Waals surface area (Å²) in [6, 6.07) is 7.67. The van der Waals surface area contributed by atoms with Crippen molar-refractivity contribution in [3.63, 3.8) is 0 Å². The van der Waals surface area contributed by atoms with Crippen LogP contribution in [0, 0.1) is 0 Å². The lowest BCUT2D eigenvalue weighted by molar-refractivity contribution is -0.122. The molecule has 3 heteroatoms. The Morgan fingerprint density at radius 2 is 2.00 bits per heavy atom. The van der Waals surface area contributed by atoms with Crippen molar-refractivity contribution in [2.75, 3.05) is 6.54 Å². The van der Waals surface area contributed by atoms with Gasteiger partial charge in [0.05, 0.1) is 0 Å². The minimum absolute atomic E-state index is 0.0287. The number of carbonyl (C=O) groups is 1. The fourth-order valence-electron chi connectivity index (χ4n) is 1.19. The van der Waals surface area contributed by atoms with Crippen molar-refractivity contribution in [1.29, 1.82) is 0 Å². The first-order valence-electron chi connectivity index (χ1n) is 5.09. The third-order valence-electron chi connectivity index (χ3n) is 2.24. The smallest absolute Gasteiger partial charge is 0.169 e. The third-order valence-corrected chi connectivity index (χ3v) is 2.24. The van der Waals surface area contributed by atoms with Gasteiger partial charge in [0, 0.05) is 0 Å². The largest absolute Gasteiger partial charge is 0.483 e. The van der Waals surface area contributed by atoms with E-state index in [2.05, 4.69) is 0 Å². The second kappa shape index (κ2) is 5.51. The van der Waals surface area contributed by atoms with Crippen molar-refractivity contribution in [2.45, 2.75) is 26.4 Å². The highest BCUT2D eigenvalue weighted by Crippen LogP contribution is 2.14. The fraction of sp³-hybridized carbons (Fsp3) is 0.417. The zero-order chi connectivity index (χ0) is 11.3. The van der Waals surface area contributed by atoms with Gasteiger partial charge in [-0.15, -0.1) is 0 Å². The Kier molecular flexibility index (Phi) is 4.31. The number of ether oxygens (including phenoxy) is 1. The van der Waals surface area contributed by atoms with Gasteiger partial charge in [0.15, 0.2) is 11.9 Å². The first-order valence-corrected chi connectivity index (χ1v) is 5.09. The molecular weight excluding hydrogens is 190 g/mol. The zero-order valence-electron chi connectivity index (χ0n) is 9.19. The predicted molar refractivity (Wildman–Crippen MR) is 60.0 cm³/mol. The lowest BCUT2D eigenvalue weighted by atomic mass is 10.1. The molecule has 0 bridgehead atoms. The predicted octanol–water partition coefficient (Wildman–Crippen LogP) is 1.54. The summed E-state index contributed by atoms with van der Waals surface area (Å²) < 4.78 is 5.43. The monoisotopic (exact) mass is 207 g/mol. The second-order valence-electron chi connectivity index (χ2n) is 3.55. The van der Waals surface area contributed by atoms with Gasteiger partial charge in [-0.05, 0) is 44.5 Å². The van der Waals surface area contributed by atoms with Gasteiger partial charge in [0.1, 0.15) is 5.75 Å². The number of benzene rings is 1. The molecule has 0 spiro atoms. The van der Waals surface area contributed by atoms with E-state index in [1.54, 1.807) is 6.92 Å². The summed E-state index contributed by atoms with van der Waals surface area (Å²) in [5.41, 5.74) is 6.62. The van der Waals surface area contributed by atoms with Crippen LogP contribution in [0.15, 0.2) is 24.3 Å². The molecule has 1 aromatic carbocycles. The lowest BCUT2D eigenvalue weighted by Gasteiger charge is -2.11. The first kappa shape index (κ1) is 11.7. The van der Waals surface area contributed by atoms with Crippen LogP contribution in [0.2, 0.25) is 0 Å². The molecule has 0 aliphatic heterocycles. The molecule has 2 N–H and O–H groups in total. The van der Waals surface area contributed by atoms with Crippen LogP contribution in [0.1, 0.15) is 19.4 Å². The van der Waals surface area contributed by atoms with E-state index in [0.717, 1.165) is 12.2 Å². The number of rotatable bonds is 5. The first-order chi connectivity index (χ1) is 7.13. The van der Waals surface area contributed by atoms with Crippen molar-refractivity contribution in [1.82, 2.24) is 0 Å². The summed E-state index contributed by atoms with van der Waals surface area (Å²) in [5.74, 6) is 0.750. The maximum Gasteiger partial charge on any atom is 0.169 e. The summed E-state index contributed by atoms with van der Waals surface area (Å²) >= 11 is 0. The average molecular weight is 207 g/mol. The Hall–Kier alpha value is -1.35. The van der Waals surface area contributed by atoms with E-state index >= 15 is 0 Å². The fourth-order valence-corrected chi connectivity index (χ4v) is 1.19. The number of ketones is 1. The van der Waals surface area contributed by atoms with Crippen molar-refractivity contribution < 1.29 is 9.53 Å². The zero-order valence-corrected chi connectivity index (χ0v) is 9.19. The number of nitrogens with two attached hydrogens (primary N) is 1. The molecule has 0 saturated heterocycles. The SMILES string of the molecule is CC(=O)C(C)Oc1ccc(CCN)cc1. The van der Waals surface area contributed by atoms with Crippen molar-refractivity contribution in [3.8, 4) is 5.75 Å². The van der Waals surface area contributed by atoms with Crippen molar-refractivity contribution in [3.05, 3.63) is 29.8 Å². The van der Waals surface area contributed by atoms with Gasteiger partial charge in [0.2, 0.25) is 0 Å². The molecule has 0 amide bonds. The Balaban J connectivity index is 2.60. The molecule has 0 aromatic heterocycles. The topological polar surface area (TPSA) is 52.3 Å². The van der Waals surface area contributed by atoms with Crippen LogP contribution < -0.4 is 10.5 Å². The van der Waals surface area contributed by atoms with E-state index in [4.69, 9.17) is 10.5 Å². The molecule has 1 aromatic rings. The van der Waals surface area contributed by atoms with Gasteiger partial charge in [-0.2, -0.15) is 0 Å². The number of hydrogen-bond donors (Lipinski definition) is 1. The molecule has 0 aliphatic rings. The molecule has 82 valence electrons. The van der Waals surface area contributed by atoms with Crippen LogP contribution in [-0.4, -0.2) is 18.4 Å². The highest BCUT2D eigenvalue weighted by atomic mass is 16.5. The van der Waals surface area contributed by atoms with Crippen LogP contribution in [0.25, 0.3) is 0 Å². The summed E-state index contributed by atoms with van der Waals surface area (Å²) in [6.07, 6.45) is 0.480. The molecule has 0 radical (unpaired) electrons.